The van der Waals surface area contributed by atoms with E-state index in [1.165, 1.54) is 4.90 Å². The van der Waals surface area contributed by atoms with Gasteiger partial charge in [0.15, 0.2) is 0 Å². The van der Waals surface area contributed by atoms with E-state index in [4.69, 9.17) is 0 Å². The molecule has 2 saturated carbocycles. The number of aliphatic hydroxyl groups excluding tert-OH is 1. The Balaban J connectivity index is 1.76. The SMILES string of the molecule is O=C1CC2(CCCC2)CC(=O)N1C1CCCCCC1O. The lowest BCUT2D eigenvalue weighted by Crippen LogP contribution is -2.55. The fourth-order valence-electron chi connectivity index (χ4n) is 4.43. The van der Waals surface area contributed by atoms with Gasteiger partial charge in [0.05, 0.1) is 12.1 Å². The molecule has 0 bridgehead atoms. The van der Waals surface area contributed by atoms with E-state index < -0.39 is 6.10 Å². The van der Waals surface area contributed by atoms with Gasteiger partial charge in [-0.3, -0.25) is 14.5 Å². The topological polar surface area (TPSA) is 57.6 Å². The van der Waals surface area contributed by atoms with Crippen molar-refractivity contribution in [1.82, 2.24) is 4.90 Å². The number of piperidine rings is 1. The summed E-state index contributed by atoms with van der Waals surface area (Å²) in [6.07, 6.45) is 9.41. The summed E-state index contributed by atoms with van der Waals surface area (Å²) in [4.78, 5) is 26.5. The lowest BCUT2D eigenvalue weighted by Gasteiger charge is -2.41. The van der Waals surface area contributed by atoms with E-state index in [1.54, 1.807) is 0 Å². The quantitative estimate of drug-likeness (QED) is 0.592. The van der Waals surface area contributed by atoms with Gasteiger partial charge in [-0.05, 0) is 31.1 Å². The fraction of sp³-hybridized carbons (Fsp3) is 0.875. The first-order chi connectivity index (χ1) is 9.61. The Morgan fingerprint density at radius 2 is 1.50 bits per heavy atom. The molecule has 1 aliphatic heterocycles. The van der Waals surface area contributed by atoms with Gasteiger partial charge in [0.1, 0.15) is 0 Å². The molecule has 0 aromatic carbocycles. The maximum absolute atomic E-state index is 12.5. The summed E-state index contributed by atoms with van der Waals surface area (Å²) in [5.41, 5.74) is -0.0413. The first-order valence-electron chi connectivity index (χ1n) is 8.14. The Morgan fingerprint density at radius 3 is 2.15 bits per heavy atom. The number of likely N-dealkylation sites (tertiary alicyclic amines) is 1. The average molecular weight is 279 g/mol. The van der Waals surface area contributed by atoms with Crippen molar-refractivity contribution in [2.75, 3.05) is 0 Å². The summed E-state index contributed by atoms with van der Waals surface area (Å²) in [7, 11) is 0. The fourth-order valence-corrected chi connectivity index (χ4v) is 4.43. The molecule has 1 heterocycles. The zero-order chi connectivity index (χ0) is 14.2. The number of rotatable bonds is 1. The van der Waals surface area contributed by atoms with Gasteiger partial charge in [0.2, 0.25) is 11.8 Å². The van der Waals surface area contributed by atoms with Crippen LogP contribution in [-0.4, -0.2) is 34.0 Å². The molecular formula is C16H25NO3. The van der Waals surface area contributed by atoms with Gasteiger partial charge >= 0.3 is 0 Å². The van der Waals surface area contributed by atoms with Crippen molar-refractivity contribution >= 4 is 11.8 Å². The standard InChI is InChI=1S/C16H25NO3/c18-13-7-3-1-2-6-12(13)17-14(19)10-16(11-15(17)20)8-4-5-9-16/h12-13,18H,1-11H2. The zero-order valence-corrected chi connectivity index (χ0v) is 12.1. The number of aliphatic hydroxyl groups is 1. The molecule has 2 atom stereocenters. The summed E-state index contributed by atoms with van der Waals surface area (Å²) in [6, 6.07) is -0.267. The molecule has 3 rings (SSSR count). The van der Waals surface area contributed by atoms with Gasteiger partial charge in [-0.1, -0.05) is 32.1 Å². The molecule has 4 heteroatoms. The van der Waals surface area contributed by atoms with E-state index >= 15 is 0 Å². The maximum Gasteiger partial charge on any atom is 0.230 e. The van der Waals surface area contributed by atoms with Crippen LogP contribution in [0, 0.1) is 5.41 Å². The predicted octanol–water partition coefficient (Wildman–Crippen LogP) is 2.39. The van der Waals surface area contributed by atoms with Gasteiger partial charge in [-0.2, -0.15) is 0 Å². The minimum Gasteiger partial charge on any atom is -0.391 e. The highest BCUT2D eigenvalue weighted by Crippen LogP contribution is 2.47. The van der Waals surface area contributed by atoms with Crippen LogP contribution in [0.25, 0.3) is 0 Å². The second-order valence-electron chi connectivity index (χ2n) is 6.99. The maximum atomic E-state index is 12.5. The Kier molecular flexibility index (Phi) is 3.85. The smallest absolute Gasteiger partial charge is 0.230 e. The Hall–Kier alpha value is -0.900. The third-order valence-corrected chi connectivity index (χ3v) is 5.53. The second kappa shape index (κ2) is 5.47. The summed E-state index contributed by atoms with van der Waals surface area (Å²) in [5, 5.41) is 10.2. The van der Waals surface area contributed by atoms with Crippen LogP contribution >= 0.6 is 0 Å². The number of imide groups is 1. The van der Waals surface area contributed by atoms with E-state index in [9.17, 15) is 14.7 Å². The largest absolute Gasteiger partial charge is 0.391 e. The van der Waals surface area contributed by atoms with E-state index in [0.29, 0.717) is 19.3 Å². The molecule has 0 aromatic heterocycles. The van der Waals surface area contributed by atoms with Crippen molar-refractivity contribution < 1.29 is 14.7 Å². The van der Waals surface area contributed by atoms with Gasteiger partial charge in [-0.25, -0.2) is 0 Å². The van der Waals surface area contributed by atoms with Gasteiger partial charge < -0.3 is 5.11 Å². The zero-order valence-electron chi connectivity index (χ0n) is 12.1. The van der Waals surface area contributed by atoms with E-state index in [1.807, 2.05) is 0 Å². The Morgan fingerprint density at radius 1 is 0.900 bits per heavy atom. The molecule has 2 unspecified atom stereocenters. The van der Waals surface area contributed by atoms with E-state index in [2.05, 4.69) is 0 Å². The molecule has 1 spiro atoms. The summed E-state index contributed by atoms with van der Waals surface area (Å²) >= 11 is 0. The lowest BCUT2D eigenvalue weighted by atomic mass is 9.75. The first-order valence-corrected chi connectivity index (χ1v) is 8.14. The van der Waals surface area contributed by atoms with Crippen molar-refractivity contribution in [3.8, 4) is 0 Å². The van der Waals surface area contributed by atoms with Crippen LogP contribution in [0.3, 0.4) is 0 Å². The molecule has 112 valence electrons. The molecule has 3 fully saturated rings. The molecule has 3 aliphatic rings. The van der Waals surface area contributed by atoms with Crippen LogP contribution in [0.4, 0.5) is 0 Å². The van der Waals surface area contributed by atoms with Crippen LogP contribution in [0.5, 0.6) is 0 Å². The third-order valence-electron chi connectivity index (χ3n) is 5.53. The number of nitrogens with zero attached hydrogens (tertiary/aromatic N) is 1. The van der Waals surface area contributed by atoms with Crippen molar-refractivity contribution in [3.05, 3.63) is 0 Å². The van der Waals surface area contributed by atoms with Gasteiger partial charge in [0.25, 0.3) is 0 Å². The summed E-state index contributed by atoms with van der Waals surface area (Å²) in [6.45, 7) is 0. The van der Waals surface area contributed by atoms with Gasteiger partial charge in [-0.15, -0.1) is 0 Å². The first kappa shape index (κ1) is 14.1. The average Bonchev–Trinajstić information content (AvgIpc) is 2.72. The molecule has 1 saturated heterocycles. The highest BCUT2D eigenvalue weighted by atomic mass is 16.3. The minimum absolute atomic E-state index is 0.0332. The van der Waals surface area contributed by atoms with Crippen LogP contribution < -0.4 is 0 Å². The summed E-state index contributed by atoms with van der Waals surface area (Å²) < 4.78 is 0. The molecule has 2 amide bonds. The predicted molar refractivity (Wildman–Crippen MR) is 74.9 cm³/mol. The molecule has 0 aromatic rings. The number of carbonyl (C=O) groups is 2. The molecular weight excluding hydrogens is 254 g/mol. The Bertz CT molecular complexity index is 381. The van der Waals surface area contributed by atoms with Crippen LogP contribution in [0.1, 0.15) is 70.6 Å². The number of hydrogen-bond acceptors (Lipinski definition) is 3. The van der Waals surface area contributed by atoms with E-state index in [-0.39, 0.29) is 23.3 Å². The third kappa shape index (κ3) is 2.50. The lowest BCUT2D eigenvalue weighted by molar-refractivity contribution is -0.159. The van der Waals surface area contributed by atoms with Crippen LogP contribution in [0.2, 0.25) is 0 Å². The summed E-state index contributed by atoms with van der Waals surface area (Å²) in [5.74, 6) is -0.0665. The highest BCUT2D eigenvalue weighted by molar-refractivity contribution is 5.99. The monoisotopic (exact) mass is 279 g/mol. The Labute approximate surface area is 120 Å². The number of amides is 2. The molecule has 20 heavy (non-hydrogen) atoms. The van der Waals surface area contributed by atoms with E-state index in [0.717, 1.165) is 51.4 Å². The van der Waals surface area contributed by atoms with Gasteiger partial charge in [0, 0.05) is 12.8 Å². The van der Waals surface area contributed by atoms with Crippen molar-refractivity contribution in [2.24, 2.45) is 5.41 Å². The molecule has 4 nitrogen and oxygen atoms in total. The van der Waals surface area contributed by atoms with Crippen LogP contribution in [-0.2, 0) is 9.59 Å². The minimum atomic E-state index is -0.525. The van der Waals surface area contributed by atoms with Crippen LogP contribution in [0.15, 0.2) is 0 Å². The normalized spacial score (nSPS) is 34.5. The molecule has 1 N–H and O–H groups in total. The molecule has 0 radical (unpaired) electrons. The van der Waals surface area contributed by atoms with Crippen molar-refractivity contribution in [2.45, 2.75) is 82.8 Å². The number of carbonyl (C=O) groups excluding carboxylic acids is 2. The molecule has 2 aliphatic carbocycles. The second-order valence-corrected chi connectivity index (χ2v) is 6.99. The van der Waals surface area contributed by atoms with Crippen molar-refractivity contribution in [1.29, 1.82) is 0 Å². The number of hydrogen-bond donors (Lipinski definition) is 1. The van der Waals surface area contributed by atoms with Crippen molar-refractivity contribution in [3.63, 3.8) is 0 Å². The highest BCUT2D eigenvalue weighted by Gasteiger charge is 2.47.